The molecule has 4 atom stereocenters. The van der Waals surface area contributed by atoms with Crippen LogP contribution in [0.1, 0.15) is 17.5 Å². The minimum Gasteiger partial charge on any atom is -0.306 e. The molecule has 5 rings (SSSR count). The summed E-state index contributed by atoms with van der Waals surface area (Å²) in [5.41, 5.74) is 1.09. The van der Waals surface area contributed by atoms with Crippen molar-refractivity contribution < 1.29 is 14.4 Å². The first-order chi connectivity index (χ1) is 15.4. The topological polar surface area (TPSA) is 69.7 Å². The molecule has 2 fully saturated rings. The minimum atomic E-state index is -1.25. The van der Waals surface area contributed by atoms with E-state index in [1.807, 2.05) is 48.7 Å². The number of anilines is 1. The Morgan fingerprint density at radius 2 is 1.78 bits per heavy atom. The highest BCUT2D eigenvalue weighted by Gasteiger charge is 2.70. The molecule has 2 saturated heterocycles. The number of carbonyl (C=O) groups excluding carboxylic acids is 3. The summed E-state index contributed by atoms with van der Waals surface area (Å²) in [7, 11) is 1.52. The number of para-hydroxylation sites is 1. The summed E-state index contributed by atoms with van der Waals surface area (Å²) in [6, 6.07) is 14.8. The Balaban J connectivity index is 1.63. The maximum Gasteiger partial charge on any atom is 0.253 e. The Labute approximate surface area is 196 Å². The fraction of sp³-hybridized carbons (Fsp3) is 0.375. The summed E-state index contributed by atoms with van der Waals surface area (Å²) in [5, 5.41) is 4.10. The second-order valence-corrected chi connectivity index (χ2v) is 9.97. The molecule has 3 amide bonds. The van der Waals surface area contributed by atoms with Gasteiger partial charge < -0.3 is 4.90 Å². The van der Waals surface area contributed by atoms with Crippen molar-refractivity contribution in [1.29, 1.82) is 0 Å². The number of hydrogen-bond acceptors (Lipinski definition) is 5. The number of benzene rings is 2. The number of rotatable bonds is 5. The van der Waals surface area contributed by atoms with Gasteiger partial charge in [-0.1, -0.05) is 48.0 Å². The average molecular weight is 470 g/mol. The van der Waals surface area contributed by atoms with Crippen molar-refractivity contribution in [2.24, 2.45) is 11.8 Å². The van der Waals surface area contributed by atoms with Crippen LogP contribution in [0, 0.1) is 11.8 Å². The van der Waals surface area contributed by atoms with Crippen LogP contribution in [0.15, 0.2) is 48.5 Å². The van der Waals surface area contributed by atoms with E-state index in [1.165, 1.54) is 11.9 Å². The second-order valence-electron chi connectivity index (χ2n) is 8.58. The molecule has 0 saturated carbocycles. The Bertz CT molecular complexity index is 1130. The molecule has 2 aromatic rings. The number of amides is 3. The first-order valence-corrected chi connectivity index (χ1v) is 12.4. The number of thioether (sulfide) groups is 1. The van der Waals surface area contributed by atoms with Crippen LogP contribution in [0.2, 0.25) is 5.02 Å². The van der Waals surface area contributed by atoms with Gasteiger partial charge in [-0.15, -0.1) is 0 Å². The third-order valence-corrected chi connectivity index (χ3v) is 8.02. The van der Waals surface area contributed by atoms with E-state index in [-0.39, 0.29) is 23.8 Å². The lowest BCUT2D eigenvalue weighted by atomic mass is 9.76. The molecule has 3 aliphatic heterocycles. The van der Waals surface area contributed by atoms with Crippen molar-refractivity contribution >= 4 is 46.8 Å². The quantitative estimate of drug-likeness (QED) is 0.681. The number of halogens is 1. The van der Waals surface area contributed by atoms with E-state index in [0.717, 1.165) is 22.6 Å². The number of carbonyl (C=O) groups is 3. The number of nitrogens with zero attached hydrogens (tertiary/aromatic N) is 2. The van der Waals surface area contributed by atoms with Gasteiger partial charge in [0.15, 0.2) is 0 Å². The van der Waals surface area contributed by atoms with Crippen molar-refractivity contribution in [2.45, 2.75) is 24.5 Å². The lowest BCUT2D eigenvalue weighted by molar-refractivity contribution is -0.141. The normalized spacial score (nSPS) is 28.7. The lowest BCUT2D eigenvalue weighted by Crippen LogP contribution is -2.54. The van der Waals surface area contributed by atoms with Crippen molar-refractivity contribution in [1.82, 2.24) is 10.2 Å². The van der Waals surface area contributed by atoms with Crippen LogP contribution in [-0.4, -0.2) is 47.7 Å². The summed E-state index contributed by atoms with van der Waals surface area (Å²) >= 11 is 8.09. The molecular formula is C24H24ClN3O3S. The molecule has 1 spiro atoms. The first-order valence-electron chi connectivity index (χ1n) is 10.6. The lowest BCUT2D eigenvalue weighted by Gasteiger charge is -2.30. The molecule has 3 aliphatic rings. The average Bonchev–Trinajstić information content (AvgIpc) is 3.34. The molecule has 8 heteroatoms. The molecule has 1 N–H and O–H groups in total. The van der Waals surface area contributed by atoms with E-state index in [0.29, 0.717) is 18.0 Å². The smallest absolute Gasteiger partial charge is 0.253 e. The summed E-state index contributed by atoms with van der Waals surface area (Å²) in [5.74, 6) is -1.15. The highest BCUT2D eigenvalue weighted by molar-refractivity contribution is 7.98. The van der Waals surface area contributed by atoms with Gasteiger partial charge in [0, 0.05) is 29.4 Å². The second kappa shape index (κ2) is 7.90. The third kappa shape index (κ3) is 2.87. The van der Waals surface area contributed by atoms with Crippen LogP contribution in [0.4, 0.5) is 5.69 Å². The van der Waals surface area contributed by atoms with Crippen LogP contribution < -0.4 is 10.2 Å². The predicted molar refractivity (Wildman–Crippen MR) is 125 cm³/mol. The van der Waals surface area contributed by atoms with E-state index < -0.39 is 17.4 Å². The van der Waals surface area contributed by atoms with Crippen LogP contribution in [0.5, 0.6) is 0 Å². The van der Waals surface area contributed by atoms with E-state index in [2.05, 4.69) is 5.32 Å². The van der Waals surface area contributed by atoms with E-state index >= 15 is 0 Å². The van der Waals surface area contributed by atoms with Gasteiger partial charge in [0.2, 0.25) is 11.8 Å². The maximum absolute atomic E-state index is 14.2. The minimum absolute atomic E-state index is 0.197. The molecule has 3 heterocycles. The van der Waals surface area contributed by atoms with Crippen molar-refractivity contribution in [3.63, 3.8) is 0 Å². The fourth-order valence-electron chi connectivity index (χ4n) is 5.54. The number of likely N-dealkylation sites (tertiary alicyclic amines) is 1. The van der Waals surface area contributed by atoms with E-state index in [4.69, 9.17) is 11.6 Å². The van der Waals surface area contributed by atoms with Gasteiger partial charge in [0.1, 0.15) is 5.54 Å². The van der Waals surface area contributed by atoms with Crippen LogP contribution in [0.3, 0.4) is 0 Å². The number of nitrogens with one attached hydrogen (secondary N) is 1. The summed E-state index contributed by atoms with van der Waals surface area (Å²) < 4.78 is 0. The van der Waals surface area contributed by atoms with Crippen molar-refractivity contribution in [2.75, 3.05) is 24.0 Å². The highest BCUT2D eigenvalue weighted by atomic mass is 35.5. The third-order valence-electron chi connectivity index (χ3n) is 7.01. The van der Waals surface area contributed by atoms with Gasteiger partial charge in [-0.05, 0) is 36.1 Å². The Morgan fingerprint density at radius 1 is 1.06 bits per heavy atom. The van der Waals surface area contributed by atoms with Crippen LogP contribution >= 0.6 is 23.4 Å². The Kier molecular flexibility index (Phi) is 5.31. The summed E-state index contributed by atoms with van der Waals surface area (Å²) in [6.07, 6.45) is 2.72. The monoisotopic (exact) mass is 469 g/mol. The zero-order chi connectivity index (χ0) is 22.6. The highest BCUT2D eigenvalue weighted by Crippen LogP contribution is 2.55. The molecule has 32 heavy (non-hydrogen) atoms. The van der Waals surface area contributed by atoms with E-state index in [9.17, 15) is 14.4 Å². The standard InChI is InChI=1S/C24H24ClN3O3S/c1-27-21(29)19-17(11-12-32-2)26-24(20(19)22(27)30)15-8-4-6-10-18(15)28(23(24)31)13-14-7-3-5-9-16(14)25/h3-10,17,19-20,26H,11-13H2,1-2H3/t17-,19+,20-,24+/m0/s1. The Hall–Kier alpha value is -2.35. The molecular weight excluding hydrogens is 446 g/mol. The molecule has 0 unspecified atom stereocenters. The largest absolute Gasteiger partial charge is 0.306 e. The predicted octanol–water partition coefficient (Wildman–Crippen LogP) is 3.04. The molecule has 2 aromatic carbocycles. The van der Waals surface area contributed by atoms with Gasteiger partial charge in [-0.3, -0.25) is 24.6 Å². The van der Waals surface area contributed by atoms with Gasteiger partial charge >= 0.3 is 0 Å². The van der Waals surface area contributed by atoms with Gasteiger partial charge in [-0.2, -0.15) is 11.8 Å². The fourth-order valence-corrected chi connectivity index (χ4v) is 6.22. The maximum atomic E-state index is 14.2. The van der Waals surface area contributed by atoms with Crippen molar-refractivity contribution in [3.8, 4) is 0 Å². The van der Waals surface area contributed by atoms with Crippen LogP contribution in [0.25, 0.3) is 0 Å². The van der Waals surface area contributed by atoms with Gasteiger partial charge in [0.25, 0.3) is 5.91 Å². The van der Waals surface area contributed by atoms with E-state index in [1.54, 1.807) is 22.7 Å². The number of fused-ring (bicyclic) bond motifs is 4. The molecule has 0 aliphatic carbocycles. The number of hydrogen-bond donors (Lipinski definition) is 1. The summed E-state index contributed by atoms with van der Waals surface area (Å²) in [4.78, 5) is 43.4. The van der Waals surface area contributed by atoms with Crippen LogP contribution in [-0.2, 0) is 26.5 Å². The zero-order valence-electron chi connectivity index (χ0n) is 17.9. The molecule has 0 aromatic heterocycles. The summed E-state index contributed by atoms with van der Waals surface area (Å²) in [6.45, 7) is 0.295. The van der Waals surface area contributed by atoms with Crippen molar-refractivity contribution in [3.05, 3.63) is 64.7 Å². The SMILES string of the molecule is CSCC[C@@H]1N[C@@]2(C(=O)N(Cc3ccccc3Cl)c3ccccc32)[C@@H]2C(=O)N(C)C(=O)[C@H]12. The zero-order valence-corrected chi connectivity index (χ0v) is 19.4. The molecule has 0 bridgehead atoms. The molecule has 166 valence electrons. The van der Waals surface area contributed by atoms with Gasteiger partial charge in [-0.25, -0.2) is 0 Å². The number of imide groups is 1. The van der Waals surface area contributed by atoms with Gasteiger partial charge in [0.05, 0.1) is 18.4 Å². The molecule has 0 radical (unpaired) electrons. The first kappa shape index (κ1) is 21.5. The molecule has 6 nitrogen and oxygen atoms in total. The Morgan fingerprint density at radius 3 is 2.53 bits per heavy atom.